The highest BCUT2D eigenvalue weighted by atomic mass is 32.2. The Morgan fingerprint density at radius 3 is 2.38 bits per heavy atom. The van der Waals surface area contributed by atoms with Crippen molar-refractivity contribution in [1.29, 1.82) is 0 Å². The van der Waals surface area contributed by atoms with E-state index in [2.05, 4.69) is 0 Å². The highest BCUT2D eigenvalue weighted by molar-refractivity contribution is 7.86. The van der Waals surface area contributed by atoms with Crippen molar-refractivity contribution in [2.45, 2.75) is 11.1 Å². The fourth-order valence-electron chi connectivity index (χ4n) is 2.45. The fraction of sp³-hybridized carbons (Fsp3) is 0.0769. The van der Waals surface area contributed by atoms with E-state index in [1.54, 1.807) is 0 Å². The number of furan rings is 1. The second-order valence-corrected chi connectivity index (χ2v) is 6.19. The molecule has 7 nitrogen and oxygen atoms in total. The molecule has 0 aliphatic rings. The third-order valence-electron chi connectivity index (χ3n) is 3.35. The number of hydrogen-bond donors (Lipinski definition) is 1. The molecule has 0 saturated heterocycles. The second-order valence-electron chi connectivity index (χ2n) is 4.80. The molecule has 0 radical (unpaired) electrons. The van der Waals surface area contributed by atoms with Crippen molar-refractivity contribution in [3.05, 3.63) is 46.0 Å². The van der Waals surface area contributed by atoms with Gasteiger partial charge in [-0.15, -0.1) is 0 Å². The minimum Gasteiger partial charge on any atom is -0.454 e. The SMILES string of the molecule is O=[N+]([O-])c1c(C(F)(F)F)cc(S(=O)(=O)O)c2oc3ccccc3c12. The van der Waals surface area contributed by atoms with Crippen LogP contribution in [-0.2, 0) is 16.3 Å². The highest BCUT2D eigenvalue weighted by Gasteiger charge is 2.43. The predicted molar refractivity (Wildman–Crippen MR) is 75.2 cm³/mol. The van der Waals surface area contributed by atoms with E-state index in [1.165, 1.54) is 24.3 Å². The Morgan fingerprint density at radius 2 is 1.83 bits per heavy atom. The number of rotatable bonds is 2. The van der Waals surface area contributed by atoms with Gasteiger partial charge < -0.3 is 4.42 Å². The van der Waals surface area contributed by atoms with Gasteiger partial charge in [0.25, 0.3) is 15.8 Å². The normalized spacial score (nSPS) is 12.8. The number of nitro benzene ring substituents is 1. The molecule has 0 atom stereocenters. The molecule has 0 fully saturated rings. The third kappa shape index (κ3) is 2.37. The van der Waals surface area contributed by atoms with Crippen LogP contribution in [-0.4, -0.2) is 17.9 Å². The van der Waals surface area contributed by atoms with E-state index in [4.69, 9.17) is 4.42 Å². The minimum atomic E-state index is -5.21. The molecule has 0 aliphatic carbocycles. The summed E-state index contributed by atoms with van der Waals surface area (Å²) in [6.45, 7) is 0. The molecule has 1 aromatic heterocycles. The number of alkyl halides is 3. The van der Waals surface area contributed by atoms with Gasteiger partial charge in [-0.25, -0.2) is 0 Å². The summed E-state index contributed by atoms with van der Waals surface area (Å²) >= 11 is 0. The molecule has 0 amide bonds. The lowest BCUT2D eigenvalue weighted by Crippen LogP contribution is -2.11. The van der Waals surface area contributed by atoms with E-state index in [-0.39, 0.29) is 17.0 Å². The molecule has 2 aromatic carbocycles. The van der Waals surface area contributed by atoms with E-state index < -0.39 is 48.3 Å². The van der Waals surface area contributed by atoms with E-state index in [0.29, 0.717) is 0 Å². The lowest BCUT2D eigenvalue weighted by atomic mass is 10.1. The highest BCUT2D eigenvalue weighted by Crippen LogP contribution is 2.46. The molecule has 3 aromatic rings. The van der Waals surface area contributed by atoms with Crippen LogP contribution in [0.1, 0.15) is 5.56 Å². The summed E-state index contributed by atoms with van der Waals surface area (Å²) in [6.07, 6.45) is -5.21. The number of nitro groups is 1. The van der Waals surface area contributed by atoms with Crippen LogP contribution >= 0.6 is 0 Å². The van der Waals surface area contributed by atoms with Crippen LogP contribution in [0.2, 0.25) is 0 Å². The van der Waals surface area contributed by atoms with Crippen molar-refractivity contribution < 1.29 is 35.5 Å². The van der Waals surface area contributed by atoms with Crippen molar-refractivity contribution in [3.63, 3.8) is 0 Å². The van der Waals surface area contributed by atoms with Gasteiger partial charge in [0.15, 0.2) is 5.58 Å². The smallest absolute Gasteiger partial charge is 0.423 e. The van der Waals surface area contributed by atoms with Crippen molar-refractivity contribution in [1.82, 2.24) is 0 Å². The van der Waals surface area contributed by atoms with Gasteiger partial charge in [0.05, 0.1) is 4.92 Å². The van der Waals surface area contributed by atoms with Gasteiger partial charge in [-0.1, -0.05) is 18.2 Å². The molecule has 11 heteroatoms. The monoisotopic (exact) mass is 361 g/mol. The average molecular weight is 361 g/mol. The largest absolute Gasteiger partial charge is 0.454 e. The first-order chi connectivity index (χ1) is 11.0. The first kappa shape index (κ1) is 16.2. The molecular weight excluding hydrogens is 355 g/mol. The summed E-state index contributed by atoms with van der Waals surface area (Å²) < 4.78 is 76.8. The minimum absolute atomic E-state index is 0.00181. The van der Waals surface area contributed by atoms with Crippen LogP contribution in [0.5, 0.6) is 0 Å². The Balaban J connectivity index is 2.70. The van der Waals surface area contributed by atoms with Crippen LogP contribution in [0.3, 0.4) is 0 Å². The zero-order valence-corrected chi connectivity index (χ0v) is 12.2. The Labute approximate surface area is 131 Å². The standard InChI is InChI=1S/C13H6F3NO6S/c14-13(15,16)7-5-9(24(20,21)22)12-10(11(7)17(18)19)6-3-1-2-4-8(6)23-12/h1-5H,(H,20,21,22). The maximum absolute atomic E-state index is 13.2. The molecule has 0 aliphatic heterocycles. The van der Waals surface area contributed by atoms with Crippen molar-refractivity contribution >= 4 is 37.7 Å². The Morgan fingerprint density at radius 1 is 1.21 bits per heavy atom. The number of fused-ring (bicyclic) bond motifs is 3. The molecule has 3 rings (SSSR count). The van der Waals surface area contributed by atoms with Crippen molar-refractivity contribution in [2.24, 2.45) is 0 Å². The van der Waals surface area contributed by atoms with Gasteiger partial charge in [-0.2, -0.15) is 21.6 Å². The van der Waals surface area contributed by atoms with Crippen LogP contribution in [0.4, 0.5) is 18.9 Å². The van der Waals surface area contributed by atoms with E-state index >= 15 is 0 Å². The van der Waals surface area contributed by atoms with Gasteiger partial charge >= 0.3 is 6.18 Å². The quantitative estimate of drug-likeness (QED) is 0.423. The zero-order chi connectivity index (χ0) is 17.9. The molecule has 0 unspecified atom stereocenters. The number of hydrogen-bond acceptors (Lipinski definition) is 5. The summed E-state index contributed by atoms with van der Waals surface area (Å²) in [7, 11) is -5.12. The molecular formula is C13H6F3NO6S. The zero-order valence-electron chi connectivity index (χ0n) is 11.4. The van der Waals surface area contributed by atoms with Crippen LogP contribution in [0, 0.1) is 10.1 Å². The summed E-state index contributed by atoms with van der Waals surface area (Å²) in [5, 5.41) is 10.5. The lowest BCUT2D eigenvalue weighted by Gasteiger charge is -2.09. The fourth-order valence-corrected chi connectivity index (χ4v) is 3.10. The molecule has 0 bridgehead atoms. The van der Waals surface area contributed by atoms with Gasteiger partial charge in [0, 0.05) is 5.39 Å². The summed E-state index contributed by atoms with van der Waals surface area (Å²) in [5.41, 5.74) is -3.90. The average Bonchev–Trinajstić information content (AvgIpc) is 2.82. The van der Waals surface area contributed by atoms with E-state index in [1.807, 2.05) is 0 Å². The first-order valence-corrected chi connectivity index (χ1v) is 7.63. The Bertz CT molecular complexity index is 1100. The van der Waals surface area contributed by atoms with Gasteiger partial charge in [-0.3, -0.25) is 14.7 Å². The van der Waals surface area contributed by atoms with Gasteiger partial charge in [0.2, 0.25) is 0 Å². The number of para-hydroxylation sites is 1. The maximum atomic E-state index is 13.2. The van der Waals surface area contributed by atoms with Crippen LogP contribution < -0.4 is 0 Å². The molecule has 126 valence electrons. The molecule has 1 heterocycles. The number of halogens is 3. The number of benzene rings is 2. The molecule has 1 N–H and O–H groups in total. The topological polar surface area (TPSA) is 111 Å². The molecule has 0 saturated carbocycles. The van der Waals surface area contributed by atoms with E-state index in [0.717, 1.165) is 0 Å². The Kier molecular flexibility index (Phi) is 3.32. The molecule has 0 spiro atoms. The lowest BCUT2D eigenvalue weighted by molar-refractivity contribution is -0.386. The maximum Gasteiger partial charge on any atom is 0.423 e. The third-order valence-corrected chi connectivity index (χ3v) is 4.21. The van der Waals surface area contributed by atoms with Crippen LogP contribution in [0.25, 0.3) is 21.9 Å². The van der Waals surface area contributed by atoms with Crippen molar-refractivity contribution in [2.75, 3.05) is 0 Å². The van der Waals surface area contributed by atoms with Gasteiger partial charge in [-0.05, 0) is 12.1 Å². The first-order valence-electron chi connectivity index (χ1n) is 6.19. The van der Waals surface area contributed by atoms with Gasteiger partial charge in [0.1, 0.15) is 21.4 Å². The van der Waals surface area contributed by atoms with Crippen molar-refractivity contribution in [3.8, 4) is 0 Å². The number of nitrogens with zero attached hydrogens (tertiary/aromatic N) is 1. The summed E-state index contributed by atoms with van der Waals surface area (Å²) in [4.78, 5) is 8.79. The Hall–Kier alpha value is -2.66. The second kappa shape index (κ2) is 4.92. The summed E-state index contributed by atoms with van der Waals surface area (Å²) in [5.74, 6) is 0. The van der Waals surface area contributed by atoms with Crippen LogP contribution in [0.15, 0.2) is 39.6 Å². The predicted octanol–water partition coefficient (Wildman–Crippen LogP) is 3.76. The summed E-state index contributed by atoms with van der Waals surface area (Å²) in [6, 6.07) is 5.41. The molecule has 24 heavy (non-hydrogen) atoms. The van der Waals surface area contributed by atoms with E-state index in [9.17, 15) is 36.3 Å².